The van der Waals surface area contributed by atoms with E-state index in [-0.39, 0.29) is 5.91 Å². The Morgan fingerprint density at radius 1 is 1.16 bits per heavy atom. The van der Waals surface area contributed by atoms with Gasteiger partial charge in [-0.1, -0.05) is 24.3 Å². The maximum Gasteiger partial charge on any atom is 0.251 e. The zero-order valence-corrected chi connectivity index (χ0v) is 15.0. The van der Waals surface area contributed by atoms with Gasteiger partial charge in [0.05, 0.1) is 0 Å². The van der Waals surface area contributed by atoms with Crippen molar-refractivity contribution >= 4 is 11.6 Å². The van der Waals surface area contributed by atoms with Gasteiger partial charge in [0.2, 0.25) is 0 Å². The number of hydrogen-bond acceptors (Lipinski definition) is 3. The molecule has 0 aliphatic carbocycles. The van der Waals surface area contributed by atoms with Gasteiger partial charge in [-0.3, -0.25) is 4.79 Å². The monoisotopic (exact) mass is 338 g/mol. The van der Waals surface area contributed by atoms with E-state index in [2.05, 4.69) is 28.4 Å². The summed E-state index contributed by atoms with van der Waals surface area (Å²) in [6, 6.07) is 16.1. The second-order valence-electron chi connectivity index (χ2n) is 6.80. The fourth-order valence-corrected chi connectivity index (χ4v) is 3.11. The highest BCUT2D eigenvalue weighted by Crippen LogP contribution is 2.24. The van der Waals surface area contributed by atoms with E-state index in [0.29, 0.717) is 18.0 Å². The van der Waals surface area contributed by atoms with E-state index in [0.717, 1.165) is 42.9 Å². The van der Waals surface area contributed by atoms with Gasteiger partial charge in [-0.15, -0.1) is 0 Å². The molecule has 1 fully saturated rings. The molecule has 1 N–H and O–H groups in total. The summed E-state index contributed by atoms with van der Waals surface area (Å²) in [7, 11) is 4.05. The third-order valence-electron chi connectivity index (χ3n) is 4.68. The topological polar surface area (TPSA) is 41.6 Å². The van der Waals surface area contributed by atoms with Crippen molar-refractivity contribution in [3.05, 3.63) is 54.1 Å². The fourth-order valence-electron chi connectivity index (χ4n) is 3.11. The number of hydrogen-bond donors (Lipinski definition) is 1. The van der Waals surface area contributed by atoms with Crippen LogP contribution < -0.4 is 10.2 Å². The second kappa shape index (κ2) is 8.17. The van der Waals surface area contributed by atoms with Gasteiger partial charge in [-0.05, 0) is 54.2 Å². The smallest absolute Gasteiger partial charge is 0.251 e. The zero-order chi connectivity index (χ0) is 17.6. The highest BCUT2D eigenvalue weighted by molar-refractivity contribution is 5.95. The molecule has 1 aliphatic rings. The molecule has 1 heterocycles. The lowest BCUT2D eigenvalue weighted by molar-refractivity contribution is 0.0950. The van der Waals surface area contributed by atoms with Crippen LogP contribution in [0.5, 0.6) is 0 Å². The third kappa shape index (κ3) is 4.60. The van der Waals surface area contributed by atoms with Crippen molar-refractivity contribution in [3.8, 4) is 11.1 Å². The number of nitrogens with one attached hydrogen (secondary N) is 1. The summed E-state index contributed by atoms with van der Waals surface area (Å²) < 4.78 is 5.37. The van der Waals surface area contributed by atoms with Gasteiger partial charge in [-0.25, -0.2) is 0 Å². The van der Waals surface area contributed by atoms with Gasteiger partial charge >= 0.3 is 0 Å². The number of carbonyl (C=O) groups is 1. The minimum atomic E-state index is -0.00969. The van der Waals surface area contributed by atoms with Crippen LogP contribution in [0.3, 0.4) is 0 Å². The van der Waals surface area contributed by atoms with Gasteiger partial charge in [0.1, 0.15) is 0 Å². The van der Waals surface area contributed by atoms with E-state index in [1.165, 1.54) is 0 Å². The van der Waals surface area contributed by atoms with Crippen LogP contribution in [0.1, 0.15) is 23.2 Å². The molecule has 1 atom stereocenters. The van der Waals surface area contributed by atoms with Crippen LogP contribution in [0.2, 0.25) is 0 Å². The molecule has 0 aromatic heterocycles. The lowest BCUT2D eigenvalue weighted by Crippen LogP contribution is -2.26. The predicted molar refractivity (Wildman–Crippen MR) is 102 cm³/mol. The van der Waals surface area contributed by atoms with E-state index < -0.39 is 0 Å². The average Bonchev–Trinajstić information content (AvgIpc) is 3.15. The molecule has 4 heteroatoms. The zero-order valence-electron chi connectivity index (χ0n) is 15.0. The summed E-state index contributed by atoms with van der Waals surface area (Å²) in [5.41, 5.74) is 4.02. The molecule has 2 aromatic rings. The van der Waals surface area contributed by atoms with Crippen LogP contribution in [-0.2, 0) is 4.74 Å². The summed E-state index contributed by atoms with van der Waals surface area (Å²) in [4.78, 5) is 14.5. The van der Waals surface area contributed by atoms with Gasteiger partial charge in [-0.2, -0.15) is 0 Å². The standard InChI is InChI=1S/C21H26N2O2/c1-23(2)20-8-4-6-18(14-20)17-5-3-7-19(13-17)21(24)22-11-9-16-10-12-25-15-16/h3-8,13-14,16H,9-12,15H2,1-2H3,(H,22,24)/t16-/m1/s1. The van der Waals surface area contributed by atoms with Crippen LogP contribution in [-0.4, -0.2) is 39.8 Å². The molecule has 1 saturated heterocycles. The van der Waals surface area contributed by atoms with E-state index in [4.69, 9.17) is 4.74 Å². The summed E-state index contributed by atoms with van der Waals surface area (Å²) >= 11 is 0. The van der Waals surface area contributed by atoms with Crippen LogP contribution in [0.25, 0.3) is 11.1 Å². The summed E-state index contributed by atoms with van der Waals surface area (Å²) in [6.07, 6.45) is 2.09. The Labute approximate surface area is 149 Å². The van der Waals surface area contributed by atoms with Crippen molar-refractivity contribution < 1.29 is 9.53 Å². The quantitative estimate of drug-likeness (QED) is 0.875. The first-order valence-corrected chi connectivity index (χ1v) is 8.87. The largest absolute Gasteiger partial charge is 0.381 e. The first kappa shape index (κ1) is 17.5. The summed E-state index contributed by atoms with van der Waals surface area (Å²) in [5, 5.41) is 3.03. The Morgan fingerprint density at radius 2 is 1.92 bits per heavy atom. The van der Waals surface area contributed by atoms with E-state index in [9.17, 15) is 4.79 Å². The Morgan fingerprint density at radius 3 is 2.64 bits per heavy atom. The Balaban J connectivity index is 1.66. The van der Waals surface area contributed by atoms with Crippen molar-refractivity contribution in [2.24, 2.45) is 5.92 Å². The fraction of sp³-hybridized carbons (Fsp3) is 0.381. The normalized spacial score (nSPS) is 16.6. The number of benzene rings is 2. The summed E-state index contributed by atoms with van der Waals surface area (Å²) in [5.74, 6) is 0.574. The number of amides is 1. The maximum atomic E-state index is 12.4. The molecule has 1 aliphatic heterocycles. The highest BCUT2D eigenvalue weighted by Gasteiger charge is 2.15. The minimum absolute atomic E-state index is 0.00969. The number of anilines is 1. The van der Waals surface area contributed by atoms with E-state index >= 15 is 0 Å². The molecule has 1 amide bonds. The Kier molecular flexibility index (Phi) is 5.71. The van der Waals surface area contributed by atoms with Gasteiger partial charge in [0.15, 0.2) is 0 Å². The van der Waals surface area contributed by atoms with Crippen LogP contribution in [0, 0.1) is 5.92 Å². The van der Waals surface area contributed by atoms with Crippen LogP contribution in [0.15, 0.2) is 48.5 Å². The molecule has 0 spiro atoms. The van der Waals surface area contributed by atoms with Gasteiger partial charge < -0.3 is 15.0 Å². The first-order chi connectivity index (χ1) is 12.1. The minimum Gasteiger partial charge on any atom is -0.381 e. The van der Waals surface area contributed by atoms with Crippen LogP contribution >= 0.6 is 0 Å². The van der Waals surface area contributed by atoms with E-state index in [1.807, 2.05) is 44.4 Å². The van der Waals surface area contributed by atoms with Crippen molar-refractivity contribution in [2.75, 3.05) is 38.8 Å². The van der Waals surface area contributed by atoms with Crippen molar-refractivity contribution in [2.45, 2.75) is 12.8 Å². The molecule has 2 aromatic carbocycles. The van der Waals surface area contributed by atoms with E-state index in [1.54, 1.807) is 0 Å². The lowest BCUT2D eigenvalue weighted by atomic mass is 10.0. The molecule has 4 nitrogen and oxygen atoms in total. The molecular formula is C21H26N2O2. The molecule has 132 valence electrons. The first-order valence-electron chi connectivity index (χ1n) is 8.87. The van der Waals surface area contributed by atoms with Crippen molar-refractivity contribution in [1.29, 1.82) is 0 Å². The SMILES string of the molecule is CN(C)c1cccc(-c2cccc(C(=O)NCC[C@@H]3CCOC3)c2)c1. The third-order valence-corrected chi connectivity index (χ3v) is 4.68. The maximum absolute atomic E-state index is 12.4. The molecule has 25 heavy (non-hydrogen) atoms. The Hall–Kier alpha value is -2.33. The lowest BCUT2D eigenvalue weighted by Gasteiger charge is -2.14. The average molecular weight is 338 g/mol. The highest BCUT2D eigenvalue weighted by atomic mass is 16.5. The number of nitrogens with zero attached hydrogens (tertiary/aromatic N) is 1. The van der Waals surface area contributed by atoms with Crippen molar-refractivity contribution in [3.63, 3.8) is 0 Å². The number of ether oxygens (including phenoxy) is 1. The summed E-state index contributed by atoms with van der Waals surface area (Å²) in [6.45, 7) is 2.38. The molecular weight excluding hydrogens is 312 g/mol. The molecule has 0 unspecified atom stereocenters. The molecule has 0 radical (unpaired) electrons. The van der Waals surface area contributed by atoms with Crippen LogP contribution in [0.4, 0.5) is 5.69 Å². The van der Waals surface area contributed by atoms with Crippen molar-refractivity contribution in [1.82, 2.24) is 5.32 Å². The predicted octanol–water partition coefficient (Wildman–Crippen LogP) is 3.58. The molecule has 0 bridgehead atoms. The van der Waals surface area contributed by atoms with Gasteiger partial charge in [0, 0.05) is 45.1 Å². The molecule has 3 rings (SSSR count). The molecule has 0 saturated carbocycles. The van der Waals surface area contributed by atoms with Gasteiger partial charge in [0.25, 0.3) is 5.91 Å². The second-order valence-corrected chi connectivity index (χ2v) is 6.80. The number of carbonyl (C=O) groups excluding carboxylic acids is 1. The number of rotatable bonds is 6. The Bertz CT molecular complexity index is 721.